The average Bonchev–Trinajstić information content (AvgIpc) is 2.64. The van der Waals surface area contributed by atoms with Crippen molar-refractivity contribution in [3.05, 3.63) is 57.0 Å². The number of nitrogens with one attached hydrogen (secondary N) is 2. The van der Waals surface area contributed by atoms with Crippen molar-refractivity contribution >= 4 is 68.2 Å². The van der Waals surface area contributed by atoms with Crippen LogP contribution in [0, 0.1) is 6.92 Å². The molecule has 0 aliphatic heterocycles. The maximum atomic E-state index is 12.8. The molecular weight excluding hydrogens is 463 g/mol. The van der Waals surface area contributed by atoms with Crippen LogP contribution in [0.2, 0.25) is 15.1 Å². The summed E-state index contributed by atoms with van der Waals surface area (Å²) in [6.45, 7) is 1.77. The van der Waals surface area contributed by atoms with Crippen molar-refractivity contribution in [1.82, 2.24) is 4.72 Å². The first kappa shape index (κ1) is 23.3. The Hall–Kier alpha value is -0.960. The standard InChI is InChI=1S/C18H19Cl3N2O3S2/c1-11-13(20)4-3-5-15(11)22-18(24)16(8-9-27-2)23-28(25,26)17-10-12(19)6-7-14(17)21/h3-7,10,16,23H,8-9H2,1-2H3,(H,22,24). The van der Waals surface area contributed by atoms with Crippen LogP contribution in [0.5, 0.6) is 0 Å². The van der Waals surface area contributed by atoms with Gasteiger partial charge in [0.05, 0.1) is 5.02 Å². The molecule has 5 nitrogen and oxygen atoms in total. The molecule has 10 heteroatoms. The molecule has 0 heterocycles. The molecule has 0 spiro atoms. The first-order valence-electron chi connectivity index (χ1n) is 8.18. The van der Waals surface area contributed by atoms with Gasteiger partial charge in [0.25, 0.3) is 0 Å². The monoisotopic (exact) mass is 480 g/mol. The van der Waals surface area contributed by atoms with E-state index in [-0.39, 0.29) is 14.9 Å². The Bertz CT molecular complexity index is 969. The second-order valence-electron chi connectivity index (χ2n) is 5.93. The Labute approximate surface area is 184 Å². The van der Waals surface area contributed by atoms with E-state index in [4.69, 9.17) is 34.8 Å². The molecule has 1 atom stereocenters. The Balaban J connectivity index is 2.28. The van der Waals surface area contributed by atoms with Crippen LogP contribution in [-0.2, 0) is 14.8 Å². The fourth-order valence-corrected chi connectivity index (χ4v) is 5.01. The molecule has 2 N–H and O–H groups in total. The predicted octanol–water partition coefficient (Wildman–Crippen LogP) is 4.99. The Kier molecular flexibility index (Phi) is 8.48. The molecule has 0 bridgehead atoms. The van der Waals surface area contributed by atoms with Crippen molar-refractivity contribution in [2.24, 2.45) is 0 Å². The molecule has 0 fully saturated rings. The average molecular weight is 482 g/mol. The lowest BCUT2D eigenvalue weighted by Gasteiger charge is -2.19. The summed E-state index contributed by atoms with van der Waals surface area (Å²) in [6, 6.07) is 8.25. The van der Waals surface area contributed by atoms with Crippen molar-refractivity contribution in [2.45, 2.75) is 24.3 Å². The zero-order valence-corrected chi connectivity index (χ0v) is 19.0. The number of benzene rings is 2. The van der Waals surface area contributed by atoms with Gasteiger partial charge >= 0.3 is 0 Å². The highest BCUT2D eigenvalue weighted by Gasteiger charge is 2.27. The molecule has 0 aliphatic rings. The normalized spacial score (nSPS) is 12.6. The van der Waals surface area contributed by atoms with Crippen molar-refractivity contribution in [2.75, 3.05) is 17.3 Å². The number of sulfonamides is 1. The summed E-state index contributed by atoms with van der Waals surface area (Å²) in [7, 11) is -4.06. The zero-order chi connectivity index (χ0) is 20.9. The molecule has 0 aromatic heterocycles. The van der Waals surface area contributed by atoms with E-state index in [2.05, 4.69) is 10.0 Å². The number of carbonyl (C=O) groups is 1. The molecule has 2 aromatic rings. The lowest BCUT2D eigenvalue weighted by atomic mass is 10.1. The van der Waals surface area contributed by atoms with Crippen LogP contribution >= 0.6 is 46.6 Å². The fraction of sp³-hybridized carbons (Fsp3) is 0.278. The number of thioether (sulfide) groups is 1. The lowest BCUT2D eigenvalue weighted by molar-refractivity contribution is -0.117. The number of rotatable bonds is 8. The minimum Gasteiger partial charge on any atom is -0.324 e. The lowest BCUT2D eigenvalue weighted by Crippen LogP contribution is -2.44. The second kappa shape index (κ2) is 10.2. The van der Waals surface area contributed by atoms with Crippen LogP contribution in [0.25, 0.3) is 0 Å². The van der Waals surface area contributed by atoms with Crippen molar-refractivity contribution in [3.8, 4) is 0 Å². The van der Waals surface area contributed by atoms with Gasteiger partial charge in [0.2, 0.25) is 15.9 Å². The van der Waals surface area contributed by atoms with Gasteiger partial charge in [0, 0.05) is 15.7 Å². The number of carbonyl (C=O) groups excluding carboxylic acids is 1. The largest absolute Gasteiger partial charge is 0.324 e. The van der Waals surface area contributed by atoms with E-state index in [9.17, 15) is 13.2 Å². The van der Waals surface area contributed by atoms with Gasteiger partial charge in [0.1, 0.15) is 10.9 Å². The van der Waals surface area contributed by atoms with Gasteiger partial charge in [0.15, 0.2) is 0 Å². The minimum absolute atomic E-state index is 0.0200. The number of amides is 1. The van der Waals surface area contributed by atoms with Crippen LogP contribution in [0.4, 0.5) is 5.69 Å². The van der Waals surface area contributed by atoms with Crippen LogP contribution in [0.1, 0.15) is 12.0 Å². The van der Waals surface area contributed by atoms with Crippen LogP contribution < -0.4 is 10.0 Å². The molecule has 1 unspecified atom stereocenters. The first-order chi connectivity index (χ1) is 13.2. The topological polar surface area (TPSA) is 75.3 Å². The highest BCUT2D eigenvalue weighted by molar-refractivity contribution is 7.98. The van der Waals surface area contributed by atoms with Gasteiger partial charge in [-0.1, -0.05) is 40.9 Å². The first-order valence-corrected chi connectivity index (χ1v) is 12.2. The van der Waals surface area contributed by atoms with Gasteiger partial charge in [-0.05, 0) is 61.2 Å². The fourth-order valence-electron chi connectivity index (χ4n) is 2.38. The summed E-state index contributed by atoms with van der Waals surface area (Å²) in [5, 5.41) is 3.49. The quantitative estimate of drug-likeness (QED) is 0.557. The smallest absolute Gasteiger partial charge is 0.242 e. The van der Waals surface area contributed by atoms with Crippen molar-refractivity contribution in [3.63, 3.8) is 0 Å². The van der Waals surface area contributed by atoms with Gasteiger partial charge in [-0.2, -0.15) is 16.5 Å². The van der Waals surface area contributed by atoms with Crippen LogP contribution in [0.3, 0.4) is 0 Å². The van der Waals surface area contributed by atoms with E-state index in [0.717, 1.165) is 0 Å². The second-order valence-corrected chi connectivity index (χ2v) is 9.85. The van der Waals surface area contributed by atoms with E-state index in [1.54, 1.807) is 25.1 Å². The van der Waals surface area contributed by atoms with Gasteiger partial charge in [-0.15, -0.1) is 0 Å². The third-order valence-electron chi connectivity index (χ3n) is 3.93. The van der Waals surface area contributed by atoms with Crippen LogP contribution in [-0.4, -0.2) is 32.4 Å². The summed E-state index contributed by atoms with van der Waals surface area (Å²) < 4.78 is 28.0. The van der Waals surface area contributed by atoms with E-state index in [1.807, 2.05) is 6.26 Å². The molecule has 2 rings (SSSR count). The zero-order valence-electron chi connectivity index (χ0n) is 15.1. The van der Waals surface area contributed by atoms with Gasteiger partial charge in [-0.3, -0.25) is 4.79 Å². The third-order valence-corrected chi connectivity index (χ3v) is 7.17. The molecule has 0 aliphatic carbocycles. The molecule has 0 radical (unpaired) electrons. The van der Waals surface area contributed by atoms with Crippen molar-refractivity contribution in [1.29, 1.82) is 0 Å². The number of hydrogen-bond donors (Lipinski definition) is 2. The molecule has 2 aromatic carbocycles. The Morgan fingerprint density at radius 1 is 1.14 bits per heavy atom. The maximum absolute atomic E-state index is 12.8. The Morgan fingerprint density at radius 3 is 2.54 bits per heavy atom. The van der Waals surface area contributed by atoms with E-state index in [1.165, 1.54) is 30.0 Å². The highest BCUT2D eigenvalue weighted by Crippen LogP contribution is 2.26. The number of anilines is 1. The Morgan fingerprint density at radius 2 is 1.86 bits per heavy atom. The van der Waals surface area contributed by atoms with Crippen molar-refractivity contribution < 1.29 is 13.2 Å². The summed E-state index contributed by atoms with van der Waals surface area (Å²) in [6.07, 6.45) is 2.17. The maximum Gasteiger partial charge on any atom is 0.242 e. The van der Waals surface area contributed by atoms with Gasteiger partial charge in [-0.25, -0.2) is 8.42 Å². The summed E-state index contributed by atoms with van der Waals surface area (Å²) in [5.74, 6) is 0.0967. The summed E-state index contributed by atoms with van der Waals surface area (Å²) >= 11 is 19.5. The number of halogens is 3. The molecule has 28 heavy (non-hydrogen) atoms. The SMILES string of the molecule is CSCCC(NS(=O)(=O)c1cc(Cl)ccc1Cl)C(=O)Nc1cccc(Cl)c1C. The highest BCUT2D eigenvalue weighted by atomic mass is 35.5. The van der Waals surface area contributed by atoms with Crippen LogP contribution in [0.15, 0.2) is 41.3 Å². The summed E-state index contributed by atoms with van der Waals surface area (Å²) in [4.78, 5) is 12.6. The molecule has 0 saturated heterocycles. The molecule has 152 valence electrons. The molecule has 1 amide bonds. The van der Waals surface area contributed by atoms with E-state index in [0.29, 0.717) is 28.4 Å². The van der Waals surface area contributed by atoms with E-state index < -0.39 is 22.0 Å². The third kappa shape index (κ3) is 6.02. The minimum atomic E-state index is -4.06. The molecular formula is C18H19Cl3N2O3S2. The molecule has 0 saturated carbocycles. The summed E-state index contributed by atoms with van der Waals surface area (Å²) in [5.41, 5.74) is 1.22. The van der Waals surface area contributed by atoms with E-state index >= 15 is 0 Å². The van der Waals surface area contributed by atoms with Gasteiger partial charge < -0.3 is 5.32 Å². The predicted molar refractivity (Wildman–Crippen MR) is 118 cm³/mol. The number of hydrogen-bond acceptors (Lipinski definition) is 4.